The molecule has 0 amide bonds. The van der Waals surface area contributed by atoms with E-state index in [9.17, 15) is 0 Å². The van der Waals surface area contributed by atoms with Gasteiger partial charge in [-0.2, -0.15) is 0 Å². The molecule has 1 aliphatic heterocycles. The predicted octanol–water partition coefficient (Wildman–Crippen LogP) is 5.22. The normalized spacial score (nSPS) is 18.1. The van der Waals surface area contributed by atoms with Crippen LogP contribution in [-0.4, -0.2) is 29.9 Å². The third-order valence-electron chi connectivity index (χ3n) is 4.65. The van der Waals surface area contributed by atoms with E-state index in [4.69, 9.17) is 0 Å². The largest absolute Gasteiger partial charge is 0.373 e. The van der Waals surface area contributed by atoms with Crippen molar-refractivity contribution in [1.29, 1.82) is 0 Å². The van der Waals surface area contributed by atoms with Crippen LogP contribution in [-0.2, 0) is 6.42 Å². The van der Waals surface area contributed by atoms with Crippen molar-refractivity contribution < 1.29 is 0 Å². The molecule has 1 heterocycles. The van der Waals surface area contributed by atoms with Gasteiger partial charge in [0.15, 0.2) is 0 Å². The maximum absolute atomic E-state index is 4.31. The minimum Gasteiger partial charge on any atom is -0.373 e. The topological polar surface area (TPSA) is 6.48 Å². The molecular weight excluding hydrogens is 292 g/mol. The molecular formula is C22H30N2. The van der Waals surface area contributed by atoms with Gasteiger partial charge in [0, 0.05) is 25.8 Å². The smallest absolute Gasteiger partial charge is 0.0598 e. The van der Waals surface area contributed by atoms with Gasteiger partial charge in [0.25, 0.3) is 0 Å². The molecule has 0 aromatic heterocycles. The van der Waals surface area contributed by atoms with Gasteiger partial charge < -0.3 is 9.80 Å². The Labute approximate surface area is 147 Å². The quantitative estimate of drug-likeness (QED) is 0.750. The van der Waals surface area contributed by atoms with Crippen LogP contribution in [0.25, 0.3) is 5.57 Å². The molecule has 2 heteroatoms. The third kappa shape index (κ3) is 4.19. The molecule has 0 atom stereocenters. The lowest BCUT2D eigenvalue weighted by molar-refractivity contribution is 0.428. The summed E-state index contributed by atoms with van der Waals surface area (Å²) < 4.78 is 0. The number of allylic oxidation sites excluding steroid dienone is 4. The predicted molar refractivity (Wildman–Crippen MR) is 105 cm³/mol. The molecule has 0 bridgehead atoms. The van der Waals surface area contributed by atoms with Crippen LogP contribution in [0.3, 0.4) is 0 Å². The van der Waals surface area contributed by atoms with Crippen molar-refractivity contribution in [3.63, 3.8) is 0 Å². The molecule has 1 aromatic carbocycles. The van der Waals surface area contributed by atoms with Crippen molar-refractivity contribution in [3.05, 3.63) is 77.8 Å². The van der Waals surface area contributed by atoms with Crippen LogP contribution in [0.2, 0.25) is 0 Å². The van der Waals surface area contributed by atoms with Gasteiger partial charge in [0.1, 0.15) is 0 Å². The lowest BCUT2D eigenvalue weighted by Gasteiger charge is -2.27. The summed E-state index contributed by atoms with van der Waals surface area (Å²) in [6.07, 6.45) is 6.57. The molecule has 1 fully saturated rings. The maximum Gasteiger partial charge on any atom is 0.0598 e. The SMILES string of the molecule is C=C(C)N1CCCN(C)/C(=C/C=C(\C)c2cccc(CC)c2)C1=C. The molecule has 1 aromatic rings. The Bertz CT molecular complexity index is 679. The van der Waals surface area contributed by atoms with Crippen LogP contribution < -0.4 is 0 Å². The summed E-state index contributed by atoms with van der Waals surface area (Å²) in [6.45, 7) is 16.8. The maximum atomic E-state index is 4.31. The second-order valence-corrected chi connectivity index (χ2v) is 6.56. The highest BCUT2D eigenvalue weighted by Gasteiger charge is 2.19. The van der Waals surface area contributed by atoms with Crippen LogP contribution in [0.5, 0.6) is 0 Å². The minimum absolute atomic E-state index is 0.983. The van der Waals surface area contributed by atoms with E-state index in [2.05, 4.69) is 80.3 Å². The number of hydrogen-bond donors (Lipinski definition) is 0. The first-order chi connectivity index (χ1) is 11.4. The highest BCUT2D eigenvalue weighted by atomic mass is 15.2. The summed E-state index contributed by atoms with van der Waals surface area (Å²) in [6, 6.07) is 8.77. The first-order valence-corrected chi connectivity index (χ1v) is 8.75. The first kappa shape index (κ1) is 18.1. The molecule has 0 spiro atoms. The van der Waals surface area contributed by atoms with E-state index < -0.39 is 0 Å². The molecule has 2 rings (SSSR count). The third-order valence-corrected chi connectivity index (χ3v) is 4.65. The Kier molecular flexibility index (Phi) is 6.08. The summed E-state index contributed by atoms with van der Waals surface area (Å²) in [5, 5.41) is 0. The van der Waals surface area contributed by atoms with Crippen LogP contribution >= 0.6 is 0 Å². The summed E-state index contributed by atoms with van der Waals surface area (Å²) >= 11 is 0. The minimum atomic E-state index is 0.983. The van der Waals surface area contributed by atoms with E-state index in [-0.39, 0.29) is 0 Å². The van der Waals surface area contributed by atoms with E-state index in [0.717, 1.165) is 37.3 Å². The van der Waals surface area contributed by atoms with Gasteiger partial charge in [-0.1, -0.05) is 50.4 Å². The second-order valence-electron chi connectivity index (χ2n) is 6.56. The Morgan fingerprint density at radius 3 is 2.67 bits per heavy atom. The standard InChI is InChI=1S/C22H30N2/c1-7-20-10-8-11-21(16-20)18(4)12-13-22-19(5)24(17(2)3)15-9-14-23(22)6/h8,10-13,16H,2,5,7,9,14-15H2,1,3-4,6H3/b18-12+,22-13+. The first-order valence-electron chi connectivity index (χ1n) is 8.75. The van der Waals surface area contributed by atoms with Gasteiger partial charge in [-0.05, 0) is 49.5 Å². The van der Waals surface area contributed by atoms with E-state index in [0.29, 0.717) is 0 Å². The van der Waals surface area contributed by atoms with Crippen LogP contribution in [0, 0.1) is 0 Å². The Balaban J connectivity index is 2.32. The van der Waals surface area contributed by atoms with Crippen molar-refractivity contribution in [1.82, 2.24) is 9.80 Å². The number of benzene rings is 1. The molecule has 0 radical (unpaired) electrons. The van der Waals surface area contributed by atoms with Gasteiger partial charge in [-0.15, -0.1) is 0 Å². The molecule has 24 heavy (non-hydrogen) atoms. The van der Waals surface area contributed by atoms with Crippen molar-refractivity contribution in [2.24, 2.45) is 0 Å². The molecule has 1 aliphatic rings. The fourth-order valence-corrected chi connectivity index (χ4v) is 3.06. The van der Waals surface area contributed by atoms with E-state index in [1.54, 1.807) is 0 Å². The average Bonchev–Trinajstić information content (AvgIpc) is 2.71. The van der Waals surface area contributed by atoms with Gasteiger partial charge in [-0.3, -0.25) is 0 Å². The van der Waals surface area contributed by atoms with Crippen LogP contribution in [0.1, 0.15) is 38.3 Å². The Hall–Kier alpha value is -2.22. The van der Waals surface area contributed by atoms with Crippen molar-refractivity contribution >= 4 is 5.57 Å². The van der Waals surface area contributed by atoms with E-state index >= 15 is 0 Å². The Morgan fingerprint density at radius 1 is 1.25 bits per heavy atom. The molecule has 2 nitrogen and oxygen atoms in total. The molecule has 0 aliphatic carbocycles. The monoisotopic (exact) mass is 322 g/mol. The molecule has 0 unspecified atom stereocenters. The summed E-state index contributed by atoms with van der Waals surface area (Å²) in [7, 11) is 2.14. The zero-order valence-corrected chi connectivity index (χ0v) is 15.6. The van der Waals surface area contributed by atoms with Gasteiger partial charge in [0.05, 0.1) is 11.4 Å². The van der Waals surface area contributed by atoms with Crippen molar-refractivity contribution in [3.8, 4) is 0 Å². The summed E-state index contributed by atoms with van der Waals surface area (Å²) in [5.41, 5.74) is 7.18. The molecule has 0 N–H and O–H groups in total. The number of nitrogens with zero attached hydrogens (tertiary/aromatic N) is 2. The van der Waals surface area contributed by atoms with Gasteiger partial charge in [-0.25, -0.2) is 0 Å². The van der Waals surface area contributed by atoms with Gasteiger partial charge in [0.2, 0.25) is 0 Å². The van der Waals surface area contributed by atoms with Gasteiger partial charge >= 0.3 is 0 Å². The zero-order valence-electron chi connectivity index (χ0n) is 15.6. The fourth-order valence-electron chi connectivity index (χ4n) is 3.06. The average molecular weight is 322 g/mol. The highest BCUT2D eigenvalue weighted by Crippen LogP contribution is 2.25. The summed E-state index contributed by atoms with van der Waals surface area (Å²) in [5.74, 6) is 0. The van der Waals surface area contributed by atoms with E-state index in [1.165, 1.54) is 22.4 Å². The number of rotatable bonds is 4. The molecule has 0 saturated carbocycles. The lowest BCUT2D eigenvalue weighted by atomic mass is 10.0. The second kappa shape index (κ2) is 8.05. The number of likely N-dealkylation sites (N-methyl/N-ethyl adjacent to an activating group) is 1. The van der Waals surface area contributed by atoms with E-state index in [1.807, 2.05) is 6.92 Å². The van der Waals surface area contributed by atoms with Crippen molar-refractivity contribution in [2.75, 3.05) is 20.1 Å². The zero-order chi connectivity index (χ0) is 17.7. The van der Waals surface area contributed by atoms with Crippen LogP contribution in [0.15, 0.2) is 66.7 Å². The Morgan fingerprint density at radius 2 is 2.00 bits per heavy atom. The highest BCUT2D eigenvalue weighted by molar-refractivity contribution is 5.66. The van der Waals surface area contributed by atoms with Crippen molar-refractivity contribution in [2.45, 2.75) is 33.6 Å². The number of hydrogen-bond acceptors (Lipinski definition) is 2. The lowest BCUT2D eigenvalue weighted by Crippen LogP contribution is -2.22. The molecule has 1 saturated heterocycles. The van der Waals surface area contributed by atoms with Crippen LogP contribution in [0.4, 0.5) is 0 Å². The fraction of sp³-hybridized carbons (Fsp3) is 0.364. The molecule has 128 valence electrons. The number of aryl methyl sites for hydroxylation is 1. The summed E-state index contributed by atoms with van der Waals surface area (Å²) in [4.78, 5) is 4.51.